The summed E-state index contributed by atoms with van der Waals surface area (Å²) in [5.74, 6) is 0. The summed E-state index contributed by atoms with van der Waals surface area (Å²) < 4.78 is 0. The molecule has 1 aliphatic rings. The molecule has 0 fully saturated rings. The van der Waals surface area contributed by atoms with Crippen LogP contribution in [0.5, 0.6) is 0 Å². The number of nitrogens with zero attached hydrogens (tertiary/aromatic N) is 3. The molecular formula is C15H19N5O2S. The molecule has 0 unspecified atom stereocenters. The SMILES string of the molecule is O=C(NC[C@@H](O)CN1CCc2ccccc2C1)Nc1nncs1. The van der Waals surface area contributed by atoms with Crippen LogP contribution in [0.1, 0.15) is 11.1 Å². The minimum absolute atomic E-state index is 0.197. The first-order valence-electron chi connectivity index (χ1n) is 7.49. The minimum Gasteiger partial charge on any atom is -0.390 e. The lowest BCUT2D eigenvalue weighted by Crippen LogP contribution is -2.42. The number of β-amino-alcohol motifs (C(OH)–C–C–N with tert-alkyl or cyclic N) is 1. The van der Waals surface area contributed by atoms with E-state index in [4.69, 9.17) is 0 Å². The van der Waals surface area contributed by atoms with Gasteiger partial charge in [0.15, 0.2) is 0 Å². The van der Waals surface area contributed by atoms with Crippen molar-refractivity contribution >= 4 is 22.5 Å². The molecule has 0 spiro atoms. The molecule has 23 heavy (non-hydrogen) atoms. The number of carbonyl (C=O) groups is 1. The van der Waals surface area contributed by atoms with E-state index in [0.29, 0.717) is 11.7 Å². The topological polar surface area (TPSA) is 90.4 Å². The second kappa shape index (κ2) is 7.49. The standard InChI is InChI=1S/C15H19N5O2S/c21-13(7-16-14(22)18-15-19-17-10-23-15)9-20-6-5-11-3-1-2-4-12(11)8-20/h1-4,10,13,21H,5-9H2,(H2,16,18,19,22)/t13-/m1/s1. The van der Waals surface area contributed by atoms with Crippen molar-refractivity contribution in [3.8, 4) is 0 Å². The number of rotatable bonds is 5. The molecule has 0 saturated heterocycles. The van der Waals surface area contributed by atoms with Crippen LogP contribution in [0.25, 0.3) is 0 Å². The Hall–Kier alpha value is -2.03. The highest BCUT2D eigenvalue weighted by Gasteiger charge is 2.18. The molecule has 8 heteroatoms. The Balaban J connectivity index is 1.41. The van der Waals surface area contributed by atoms with Gasteiger partial charge in [0.25, 0.3) is 0 Å². The average molecular weight is 333 g/mol. The molecular weight excluding hydrogens is 314 g/mol. The molecule has 7 nitrogen and oxygen atoms in total. The Bertz CT molecular complexity index is 649. The van der Waals surface area contributed by atoms with E-state index in [9.17, 15) is 9.90 Å². The van der Waals surface area contributed by atoms with Crippen molar-refractivity contribution in [2.75, 3.05) is 25.0 Å². The molecule has 122 valence electrons. The maximum absolute atomic E-state index is 11.7. The Morgan fingerprint density at radius 3 is 3.00 bits per heavy atom. The summed E-state index contributed by atoms with van der Waals surface area (Å²) in [5, 5.41) is 23.1. The summed E-state index contributed by atoms with van der Waals surface area (Å²) in [6.07, 6.45) is 0.383. The highest BCUT2D eigenvalue weighted by atomic mass is 32.1. The van der Waals surface area contributed by atoms with Crippen LogP contribution < -0.4 is 10.6 Å². The fourth-order valence-electron chi connectivity index (χ4n) is 2.65. The van der Waals surface area contributed by atoms with E-state index in [-0.39, 0.29) is 12.6 Å². The number of benzene rings is 1. The fourth-order valence-corrected chi connectivity index (χ4v) is 3.09. The predicted octanol–water partition coefficient (Wildman–Crippen LogP) is 1.08. The maximum atomic E-state index is 11.7. The summed E-state index contributed by atoms with van der Waals surface area (Å²) in [6.45, 7) is 2.49. The van der Waals surface area contributed by atoms with Crippen LogP contribution in [-0.4, -0.2) is 52.0 Å². The number of nitrogens with one attached hydrogen (secondary N) is 2. The molecule has 2 amide bonds. The molecule has 3 N–H and O–H groups in total. The van der Waals surface area contributed by atoms with Crippen LogP contribution in [0, 0.1) is 0 Å². The monoisotopic (exact) mass is 333 g/mol. The number of hydrogen-bond acceptors (Lipinski definition) is 6. The Morgan fingerprint density at radius 1 is 1.39 bits per heavy atom. The number of carbonyl (C=O) groups excluding carboxylic acids is 1. The minimum atomic E-state index is -0.611. The van der Waals surface area contributed by atoms with E-state index in [1.807, 2.05) is 6.07 Å². The van der Waals surface area contributed by atoms with Gasteiger partial charge in [-0.25, -0.2) is 4.79 Å². The van der Waals surface area contributed by atoms with Crippen LogP contribution in [0.4, 0.5) is 9.93 Å². The van der Waals surface area contributed by atoms with E-state index in [1.165, 1.54) is 22.5 Å². The summed E-state index contributed by atoms with van der Waals surface area (Å²) in [5.41, 5.74) is 4.24. The highest BCUT2D eigenvalue weighted by molar-refractivity contribution is 7.13. The zero-order valence-corrected chi connectivity index (χ0v) is 13.4. The molecule has 1 aromatic heterocycles. The second-order valence-electron chi connectivity index (χ2n) is 5.49. The van der Waals surface area contributed by atoms with Gasteiger partial charge in [-0.3, -0.25) is 10.2 Å². The molecule has 1 atom stereocenters. The van der Waals surface area contributed by atoms with Gasteiger partial charge in [-0.1, -0.05) is 35.6 Å². The van der Waals surface area contributed by atoms with Gasteiger partial charge < -0.3 is 10.4 Å². The Kier molecular flexibility index (Phi) is 5.16. The van der Waals surface area contributed by atoms with Crippen molar-refractivity contribution in [3.05, 3.63) is 40.9 Å². The normalized spacial score (nSPS) is 15.7. The van der Waals surface area contributed by atoms with Crippen molar-refractivity contribution in [2.24, 2.45) is 0 Å². The largest absolute Gasteiger partial charge is 0.390 e. The molecule has 2 heterocycles. The van der Waals surface area contributed by atoms with E-state index >= 15 is 0 Å². The molecule has 0 radical (unpaired) electrons. The fraction of sp³-hybridized carbons (Fsp3) is 0.400. The second-order valence-corrected chi connectivity index (χ2v) is 6.32. The Labute approximate surface area is 138 Å². The van der Waals surface area contributed by atoms with E-state index in [2.05, 4.69) is 43.9 Å². The molecule has 0 bridgehead atoms. The van der Waals surface area contributed by atoms with Gasteiger partial charge in [0.2, 0.25) is 5.13 Å². The van der Waals surface area contributed by atoms with Crippen molar-refractivity contribution in [3.63, 3.8) is 0 Å². The highest BCUT2D eigenvalue weighted by Crippen LogP contribution is 2.18. The first kappa shape index (κ1) is 15.9. The third-order valence-corrected chi connectivity index (χ3v) is 4.36. The lowest BCUT2D eigenvalue weighted by atomic mass is 10.00. The molecule has 2 aromatic rings. The lowest BCUT2D eigenvalue weighted by Gasteiger charge is -2.30. The maximum Gasteiger partial charge on any atom is 0.321 e. The van der Waals surface area contributed by atoms with E-state index in [1.54, 1.807) is 5.51 Å². The number of anilines is 1. The Morgan fingerprint density at radius 2 is 2.22 bits per heavy atom. The quantitative estimate of drug-likeness (QED) is 0.762. The lowest BCUT2D eigenvalue weighted by molar-refractivity contribution is 0.106. The van der Waals surface area contributed by atoms with Crippen LogP contribution in [0.2, 0.25) is 0 Å². The zero-order chi connectivity index (χ0) is 16.1. The van der Waals surface area contributed by atoms with Gasteiger partial charge in [0, 0.05) is 26.2 Å². The first-order valence-corrected chi connectivity index (χ1v) is 8.37. The first-order chi connectivity index (χ1) is 11.2. The van der Waals surface area contributed by atoms with Crippen molar-refractivity contribution < 1.29 is 9.90 Å². The van der Waals surface area contributed by atoms with Crippen molar-refractivity contribution in [1.82, 2.24) is 20.4 Å². The molecule has 1 aromatic carbocycles. The molecule has 0 saturated carbocycles. The number of aromatic nitrogens is 2. The summed E-state index contributed by atoms with van der Waals surface area (Å²) in [4.78, 5) is 13.9. The van der Waals surface area contributed by atoms with Gasteiger partial charge in [-0.05, 0) is 17.5 Å². The molecule has 0 aliphatic carbocycles. The van der Waals surface area contributed by atoms with Crippen LogP contribution >= 0.6 is 11.3 Å². The number of fused-ring (bicyclic) bond motifs is 1. The van der Waals surface area contributed by atoms with Crippen LogP contribution in [0.15, 0.2) is 29.8 Å². The van der Waals surface area contributed by atoms with Crippen molar-refractivity contribution in [2.45, 2.75) is 19.1 Å². The van der Waals surface area contributed by atoms with Crippen LogP contribution in [-0.2, 0) is 13.0 Å². The number of aliphatic hydroxyl groups is 1. The molecule has 1 aliphatic heterocycles. The number of urea groups is 1. The van der Waals surface area contributed by atoms with E-state index in [0.717, 1.165) is 19.5 Å². The van der Waals surface area contributed by atoms with Crippen LogP contribution in [0.3, 0.4) is 0 Å². The summed E-state index contributed by atoms with van der Waals surface area (Å²) in [6, 6.07) is 8.00. The number of aliphatic hydroxyl groups excluding tert-OH is 1. The van der Waals surface area contributed by atoms with E-state index < -0.39 is 6.10 Å². The van der Waals surface area contributed by atoms with Gasteiger partial charge in [0.05, 0.1) is 6.10 Å². The zero-order valence-electron chi connectivity index (χ0n) is 12.6. The van der Waals surface area contributed by atoms with Gasteiger partial charge in [0.1, 0.15) is 5.51 Å². The van der Waals surface area contributed by atoms with Crippen molar-refractivity contribution in [1.29, 1.82) is 0 Å². The smallest absolute Gasteiger partial charge is 0.321 e. The number of amides is 2. The third-order valence-electron chi connectivity index (χ3n) is 3.76. The molecule has 3 rings (SSSR count). The van der Waals surface area contributed by atoms with Gasteiger partial charge in [-0.2, -0.15) is 0 Å². The summed E-state index contributed by atoms with van der Waals surface area (Å²) >= 11 is 1.24. The average Bonchev–Trinajstić information content (AvgIpc) is 3.06. The van der Waals surface area contributed by atoms with Gasteiger partial charge >= 0.3 is 6.03 Å². The number of hydrogen-bond donors (Lipinski definition) is 3. The predicted molar refractivity (Wildman–Crippen MR) is 88.4 cm³/mol. The van der Waals surface area contributed by atoms with Gasteiger partial charge in [-0.15, -0.1) is 10.2 Å². The third kappa shape index (κ3) is 4.47. The summed E-state index contributed by atoms with van der Waals surface area (Å²) in [7, 11) is 0.